The predicted molar refractivity (Wildman–Crippen MR) is 50.6 cm³/mol. The van der Waals surface area contributed by atoms with Crippen molar-refractivity contribution in [3.63, 3.8) is 0 Å². The van der Waals surface area contributed by atoms with E-state index in [4.69, 9.17) is 9.79 Å². The average Bonchev–Trinajstić information content (AvgIpc) is 2.15. The highest BCUT2D eigenvalue weighted by molar-refractivity contribution is 7.46. The van der Waals surface area contributed by atoms with Crippen LogP contribution < -0.4 is 0 Å². The first-order valence-electron chi connectivity index (χ1n) is 3.84. The first-order valence-corrected chi connectivity index (χ1v) is 5.37. The van der Waals surface area contributed by atoms with Gasteiger partial charge in [-0.2, -0.15) is 0 Å². The van der Waals surface area contributed by atoms with Crippen LogP contribution in [0, 0.1) is 10.1 Å². The number of nitrogens with zero attached hydrogens (tertiary/aromatic N) is 1. The molecule has 0 aliphatic rings. The zero-order chi connectivity index (χ0) is 12.3. The second-order valence-corrected chi connectivity index (χ2v) is 3.81. The van der Waals surface area contributed by atoms with Crippen LogP contribution in [0.5, 0.6) is 0 Å². The van der Waals surface area contributed by atoms with Gasteiger partial charge in [-0.1, -0.05) is 12.1 Å². The molecular weight excluding hydrogens is 241 g/mol. The molecule has 0 radical (unpaired) electrons. The van der Waals surface area contributed by atoms with E-state index in [9.17, 15) is 19.5 Å². The van der Waals surface area contributed by atoms with Gasteiger partial charge in [-0.05, 0) is 6.07 Å². The highest BCUT2D eigenvalue weighted by Crippen LogP contribution is 2.37. The molecular formula is C7H6NO7P. The third-order valence-electron chi connectivity index (χ3n) is 1.52. The molecule has 0 atom stereocenters. The SMILES string of the molecule is O=C(OP(=O)(O)O)c1ccccc1[N+](=O)[O-]. The minimum Gasteiger partial charge on any atom is -0.367 e. The molecule has 1 aromatic carbocycles. The molecule has 2 N–H and O–H groups in total. The highest BCUT2D eigenvalue weighted by atomic mass is 31.2. The standard InChI is InChI=1S/C7H6NO7P/c9-7(15-16(12,13)14)5-3-1-2-4-6(5)8(10)11/h1-4H,(H2,12,13,14). The molecule has 16 heavy (non-hydrogen) atoms. The maximum absolute atomic E-state index is 11.2. The van der Waals surface area contributed by atoms with Gasteiger partial charge in [0.05, 0.1) is 4.92 Å². The van der Waals surface area contributed by atoms with Crippen LogP contribution in [0.4, 0.5) is 5.69 Å². The van der Waals surface area contributed by atoms with E-state index in [0.29, 0.717) is 0 Å². The summed E-state index contributed by atoms with van der Waals surface area (Å²) in [6.45, 7) is 0. The van der Waals surface area contributed by atoms with Gasteiger partial charge < -0.3 is 4.52 Å². The van der Waals surface area contributed by atoms with Crippen LogP contribution in [0.25, 0.3) is 0 Å². The molecule has 0 unspecified atom stereocenters. The molecule has 86 valence electrons. The van der Waals surface area contributed by atoms with Crippen LogP contribution >= 0.6 is 7.82 Å². The van der Waals surface area contributed by atoms with Crippen LogP contribution in [0.1, 0.15) is 10.4 Å². The van der Waals surface area contributed by atoms with E-state index < -0.39 is 30.0 Å². The number of phosphoric ester groups is 1. The summed E-state index contributed by atoms with van der Waals surface area (Å²) in [5, 5.41) is 10.5. The molecule has 0 spiro atoms. The van der Waals surface area contributed by atoms with E-state index in [2.05, 4.69) is 4.52 Å². The first-order chi connectivity index (χ1) is 7.31. The maximum atomic E-state index is 11.2. The molecule has 0 saturated heterocycles. The monoisotopic (exact) mass is 247 g/mol. The number of para-hydroxylation sites is 1. The largest absolute Gasteiger partial charge is 0.527 e. The lowest BCUT2D eigenvalue weighted by molar-refractivity contribution is -0.385. The lowest BCUT2D eigenvalue weighted by atomic mass is 10.2. The summed E-state index contributed by atoms with van der Waals surface area (Å²) >= 11 is 0. The molecule has 0 heterocycles. The fourth-order valence-electron chi connectivity index (χ4n) is 0.963. The van der Waals surface area contributed by atoms with Crippen molar-refractivity contribution in [1.82, 2.24) is 0 Å². The normalized spacial score (nSPS) is 10.9. The number of rotatable bonds is 3. The third-order valence-corrected chi connectivity index (χ3v) is 1.93. The van der Waals surface area contributed by atoms with Gasteiger partial charge in [0.25, 0.3) is 5.69 Å². The lowest BCUT2D eigenvalue weighted by Gasteiger charge is -2.04. The number of benzene rings is 1. The number of nitro benzene ring substituents is 1. The van der Waals surface area contributed by atoms with Crippen LogP contribution in [0.3, 0.4) is 0 Å². The van der Waals surface area contributed by atoms with Gasteiger partial charge in [0.15, 0.2) is 0 Å². The van der Waals surface area contributed by atoms with Crippen molar-refractivity contribution in [3.8, 4) is 0 Å². The zero-order valence-corrected chi connectivity index (χ0v) is 8.53. The summed E-state index contributed by atoms with van der Waals surface area (Å²) in [5.74, 6) is -1.44. The van der Waals surface area contributed by atoms with Crippen molar-refractivity contribution in [2.45, 2.75) is 0 Å². The number of phosphoric acid groups is 1. The van der Waals surface area contributed by atoms with Crippen LogP contribution in [-0.4, -0.2) is 20.7 Å². The molecule has 0 amide bonds. The summed E-state index contributed by atoms with van der Waals surface area (Å²) in [7, 11) is -5.01. The number of hydrogen-bond acceptors (Lipinski definition) is 5. The van der Waals surface area contributed by atoms with Gasteiger partial charge in [0.2, 0.25) is 0 Å². The molecule has 9 heteroatoms. The third kappa shape index (κ3) is 3.13. The molecule has 0 aromatic heterocycles. The van der Waals surface area contributed by atoms with Crippen LogP contribution in [0.15, 0.2) is 24.3 Å². The van der Waals surface area contributed by atoms with Gasteiger partial charge in [0, 0.05) is 6.07 Å². The smallest absolute Gasteiger partial charge is 0.367 e. The summed E-state index contributed by atoms with van der Waals surface area (Å²) in [5.41, 5.74) is -1.10. The molecule has 0 aliphatic heterocycles. The van der Waals surface area contributed by atoms with Gasteiger partial charge in [-0.15, -0.1) is 0 Å². The average molecular weight is 247 g/mol. The van der Waals surface area contributed by atoms with Crippen LogP contribution in [0.2, 0.25) is 0 Å². The zero-order valence-electron chi connectivity index (χ0n) is 7.64. The van der Waals surface area contributed by atoms with Crippen molar-refractivity contribution in [3.05, 3.63) is 39.9 Å². The molecule has 1 rings (SSSR count). The minimum absolute atomic E-state index is 0.518. The minimum atomic E-state index is -5.01. The quantitative estimate of drug-likeness (QED) is 0.460. The van der Waals surface area contributed by atoms with E-state index in [1.807, 2.05) is 0 Å². The van der Waals surface area contributed by atoms with Crippen LogP contribution in [-0.2, 0) is 9.09 Å². The van der Waals surface area contributed by atoms with E-state index in [1.165, 1.54) is 12.1 Å². The van der Waals surface area contributed by atoms with E-state index in [1.54, 1.807) is 0 Å². The Kier molecular flexibility index (Phi) is 3.38. The Morgan fingerprint density at radius 3 is 2.44 bits per heavy atom. The fourth-order valence-corrected chi connectivity index (χ4v) is 1.28. The van der Waals surface area contributed by atoms with Gasteiger partial charge >= 0.3 is 13.8 Å². The second kappa shape index (κ2) is 4.40. The molecule has 0 saturated carbocycles. The Labute approximate surface area is 88.9 Å². The summed E-state index contributed by atoms with van der Waals surface area (Å²) in [6, 6.07) is 4.68. The Balaban J connectivity index is 3.09. The number of carbonyl (C=O) groups excluding carboxylic acids is 1. The lowest BCUT2D eigenvalue weighted by Crippen LogP contribution is -2.06. The van der Waals surface area contributed by atoms with E-state index in [0.717, 1.165) is 12.1 Å². The van der Waals surface area contributed by atoms with Crippen molar-refractivity contribution < 1.29 is 28.6 Å². The number of hydrogen-bond donors (Lipinski definition) is 2. The second-order valence-electron chi connectivity index (χ2n) is 2.64. The highest BCUT2D eigenvalue weighted by Gasteiger charge is 2.27. The van der Waals surface area contributed by atoms with Crippen molar-refractivity contribution in [2.24, 2.45) is 0 Å². The van der Waals surface area contributed by atoms with Gasteiger partial charge in [0.1, 0.15) is 5.56 Å². The fraction of sp³-hybridized carbons (Fsp3) is 0. The Morgan fingerprint density at radius 2 is 1.94 bits per heavy atom. The Bertz CT molecular complexity index is 479. The Hall–Kier alpha value is -1.76. The van der Waals surface area contributed by atoms with Gasteiger partial charge in [-0.3, -0.25) is 19.9 Å². The summed E-state index contributed by atoms with van der Waals surface area (Å²) < 4.78 is 14.1. The molecule has 0 bridgehead atoms. The Morgan fingerprint density at radius 1 is 1.38 bits per heavy atom. The summed E-state index contributed by atoms with van der Waals surface area (Å²) in [6.07, 6.45) is 0. The predicted octanol–water partition coefficient (Wildman–Crippen LogP) is 0.844. The van der Waals surface area contributed by atoms with Gasteiger partial charge in [-0.25, -0.2) is 9.36 Å². The van der Waals surface area contributed by atoms with Crippen molar-refractivity contribution in [2.75, 3.05) is 0 Å². The molecule has 0 fully saturated rings. The van der Waals surface area contributed by atoms with Crippen molar-refractivity contribution >= 4 is 19.5 Å². The number of nitro groups is 1. The number of carbonyl (C=O) groups is 1. The van der Waals surface area contributed by atoms with Crippen molar-refractivity contribution in [1.29, 1.82) is 0 Å². The molecule has 0 aliphatic carbocycles. The van der Waals surface area contributed by atoms with E-state index >= 15 is 0 Å². The maximum Gasteiger partial charge on any atom is 0.527 e. The molecule has 1 aromatic rings. The topological polar surface area (TPSA) is 127 Å². The first kappa shape index (κ1) is 12.3. The molecule has 8 nitrogen and oxygen atoms in total. The van der Waals surface area contributed by atoms with E-state index in [-0.39, 0.29) is 0 Å². The summed E-state index contributed by atoms with van der Waals surface area (Å²) in [4.78, 5) is 37.6.